The van der Waals surface area contributed by atoms with Gasteiger partial charge in [0.15, 0.2) is 0 Å². The van der Waals surface area contributed by atoms with Crippen LogP contribution in [0.25, 0.3) is 0 Å². The molecule has 3 saturated carbocycles. The second kappa shape index (κ2) is 3.01. The third kappa shape index (κ3) is 1.21. The molecule has 0 aliphatic heterocycles. The molecule has 1 N–H and O–H groups in total. The van der Waals surface area contributed by atoms with Crippen LogP contribution in [0.1, 0.15) is 25.0 Å². The van der Waals surface area contributed by atoms with Crippen LogP contribution < -0.4 is 5.32 Å². The Morgan fingerprint density at radius 1 is 1.33 bits per heavy atom. The maximum Gasteiger partial charge on any atom is 0.0893 e. The Bertz CT molecular complexity index is 348. The molecule has 4 atom stereocenters. The molecule has 1 aromatic rings. The molecular weight excluding hydrogens is 206 g/mol. The molecule has 1 aromatic heterocycles. The van der Waals surface area contributed by atoms with E-state index in [4.69, 9.17) is 0 Å². The lowest BCUT2D eigenvalue weighted by molar-refractivity contribution is 0.456. The van der Waals surface area contributed by atoms with E-state index >= 15 is 0 Å². The minimum Gasteiger partial charge on any atom is -0.308 e. The number of hydrogen-bond acceptors (Lipinski definition) is 4. The molecular formula is C11H15N3S. The zero-order valence-corrected chi connectivity index (χ0v) is 9.41. The van der Waals surface area contributed by atoms with E-state index in [9.17, 15) is 0 Å². The first kappa shape index (κ1) is 8.65. The van der Waals surface area contributed by atoms with Crippen molar-refractivity contribution < 1.29 is 0 Å². The van der Waals surface area contributed by atoms with E-state index in [1.54, 1.807) is 0 Å². The van der Waals surface area contributed by atoms with Crippen molar-refractivity contribution in [1.82, 2.24) is 14.9 Å². The Balaban J connectivity index is 1.39. The predicted molar refractivity (Wildman–Crippen MR) is 58.3 cm³/mol. The lowest BCUT2D eigenvalue weighted by Crippen LogP contribution is -2.22. The molecule has 2 bridgehead atoms. The molecule has 3 fully saturated rings. The van der Waals surface area contributed by atoms with Crippen molar-refractivity contribution in [3.8, 4) is 0 Å². The van der Waals surface area contributed by atoms with Crippen molar-refractivity contribution in [2.75, 3.05) is 0 Å². The first-order valence-electron chi connectivity index (χ1n) is 5.93. The van der Waals surface area contributed by atoms with Crippen LogP contribution in [0, 0.1) is 23.7 Å². The minimum atomic E-state index is 0.818. The highest BCUT2D eigenvalue weighted by Crippen LogP contribution is 2.65. The Hall–Kier alpha value is -0.480. The summed E-state index contributed by atoms with van der Waals surface area (Å²) in [6.45, 7) is 0.924. The zero-order valence-electron chi connectivity index (χ0n) is 8.60. The van der Waals surface area contributed by atoms with Crippen LogP contribution in [-0.4, -0.2) is 15.6 Å². The summed E-state index contributed by atoms with van der Waals surface area (Å²) in [4.78, 5) is 0. The molecule has 4 rings (SSSR count). The van der Waals surface area contributed by atoms with Gasteiger partial charge >= 0.3 is 0 Å². The largest absolute Gasteiger partial charge is 0.308 e. The summed E-state index contributed by atoms with van der Waals surface area (Å²) in [6, 6.07) is 0.818. The van der Waals surface area contributed by atoms with E-state index in [-0.39, 0.29) is 0 Å². The zero-order chi connectivity index (χ0) is 9.83. The summed E-state index contributed by atoms with van der Waals surface area (Å²) in [6.07, 6.45) is 4.54. The number of fused-ring (bicyclic) bond motifs is 5. The maximum atomic E-state index is 4.07. The number of nitrogens with zero attached hydrogens (tertiary/aromatic N) is 2. The van der Waals surface area contributed by atoms with Crippen molar-refractivity contribution in [1.29, 1.82) is 0 Å². The van der Waals surface area contributed by atoms with Gasteiger partial charge in [-0.2, -0.15) is 0 Å². The standard InChI is InChI=1S/C11H15N3S/c1-2-7-3-6(1)9-10(7)11(9)12-4-8-5-15-14-13-8/h5-7,9-12H,1-4H2. The molecule has 4 unspecified atom stereocenters. The second-order valence-corrected chi connectivity index (χ2v) is 5.90. The fourth-order valence-electron chi connectivity index (χ4n) is 4.08. The second-order valence-electron chi connectivity index (χ2n) is 5.29. The van der Waals surface area contributed by atoms with Gasteiger partial charge in [-0.3, -0.25) is 0 Å². The van der Waals surface area contributed by atoms with Crippen molar-refractivity contribution in [3.63, 3.8) is 0 Å². The number of hydrogen-bond donors (Lipinski definition) is 1. The van der Waals surface area contributed by atoms with E-state index in [0.29, 0.717) is 0 Å². The summed E-state index contributed by atoms with van der Waals surface area (Å²) in [5.41, 5.74) is 1.11. The third-order valence-electron chi connectivity index (χ3n) is 4.66. The smallest absolute Gasteiger partial charge is 0.0893 e. The van der Waals surface area contributed by atoms with Crippen LogP contribution in [0.2, 0.25) is 0 Å². The molecule has 0 aromatic carbocycles. The summed E-state index contributed by atoms with van der Waals surface area (Å²) >= 11 is 1.45. The summed E-state index contributed by atoms with van der Waals surface area (Å²) in [5.74, 6) is 4.17. The van der Waals surface area contributed by atoms with Crippen LogP contribution in [0.5, 0.6) is 0 Å². The molecule has 4 heteroatoms. The van der Waals surface area contributed by atoms with Gasteiger partial charge in [0.2, 0.25) is 0 Å². The van der Waals surface area contributed by atoms with Gasteiger partial charge in [-0.1, -0.05) is 4.49 Å². The molecule has 1 heterocycles. The van der Waals surface area contributed by atoms with Crippen molar-refractivity contribution >= 4 is 11.5 Å². The molecule has 0 saturated heterocycles. The van der Waals surface area contributed by atoms with Crippen molar-refractivity contribution in [2.24, 2.45) is 23.7 Å². The third-order valence-corrected chi connectivity index (χ3v) is 5.21. The van der Waals surface area contributed by atoms with E-state index in [0.717, 1.165) is 42.0 Å². The molecule has 3 nitrogen and oxygen atoms in total. The van der Waals surface area contributed by atoms with Gasteiger partial charge in [0, 0.05) is 18.0 Å². The molecule has 3 aliphatic carbocycles. The van der Waals surface area contributed by atoms with Crippen LogP contribution in [0.3, 0.4) is 0 Å². The SMILES string of the molecule is c1snnc1CNC1C2C3CCC(C3)C12. The number of aromatic nitrogens is 2. The van der Waals surface area contributed by atoms with E-state index in [1.807, 2.05) is 5.38 Å². The van der Waals surface area contributed by atoms with Crippen molar-refractivity contribution in [2.45, 2.75) is 31.8 Å². The lowest BCUT2D eigenvalue weighted by Gasteiger charge is -2.08. The Labute approximate surface area is 93.4 Å². The molecule has 0 amide bonds. The average molecular weight is 221 g/mol. The quantitative estimate of drug-likeness (QED) is 0.843. The summed E-state index contributed by atoms with van der Waals surface area (Å²) < 4.78 is 3.89. The van der Waals surface area contributed by atoms with Gasteiger partial charge in [0.05, 0.1) is 5.69 Å². The van der Waals surface area contributed by atoms with Gasteiger partial charge in [-0.05, 0) is 54.5 Å². The number of nitrogens with one attached hydrogen (secondary N) is 1. The first-order chi connectivity index (χ1) is 7.43. The molecule has 0 spiro atoms. The Morgan fingerprint density at radius 3 is 2.80 bits per heavy atom. The highest BCUT2D eigenvalue weighted by atomic mass is 32.1. The monoisotopic (exact) mass is 221 g/mol. The molecule has 15 heavy (non-hydrogen) atoms. The van der Waals surface area contributed by atoms with Crippen LogP contribution in [0.4, 0.5) is 0 Å². The number of rotatable bonds is 3. The maximum absolute atomic E-state index is 4.07. The van der Waals surface area contributed by atoms with Gasteiger partial charge in [0.1, 0.15) is 0 Å². The van der Waals surface area contributed by atoms with Gasteiger partial charge < -0.3 is 5.32 Å². The fraction of sp³-hybridized carbons (Fsp3) is 0.818. The summed E-state index contributed by atoms with van der Waals surface area (Å²) in [5, 5.41) is 9.78. The summed E-state index contributed by atoms with van der Waals surface area (Å²) in [7, 11) is 0. The highest BCUT2D eigenvalue weighted by Gasteiger charge is 2.64. The van der Waals surface area contributed by atoms with Gasteiger partial charge in [-0.15, -0.1) is 5.10 Å². The molecule has 80 valence electrons. The van der Waals surface area contributed by atoms with E-state index in [1.165, 1.54) is 30.8 Å². The van der Waals surface area contributed by atoms with Gasteiger partial charge in [-0.25, -0.2) is 0 Å². The average Bonchev–Trinajstić information content (AvgIpc) is 2.72. The van der Waals surface area contributed by atoms with Crippen LogP contribution in [0.15, 0.2) is 5.38 Å². The normalized spacial score (nSPS) is 45.7. The Morgan fingerprint density at radius 2 is 2.13 bits per heavy atom. The molecule has 0 radical (unpaired) electrons. The van der Waals surface area contributed by atoms with E-state index < -0.39 is 0 Å². The lowest BCUT2D eigenvalue weighted by atomic mass is 10.0. The topological polar surface area (TPSA) is 37.8 Å². The Kier molecular flexibility index (Phi) is 1.74. The highest BCUT2D eigenvalue weighted by molar-refractivity contribution is 7.03. The minimum absolute atomic E-state index is 0.818. The van der Waals surface area contributed by atoms with Crippen LogP contribution in [-0.2, 0) is 6.54 Å². The van der Waals surface area contributed by atoms with Gasteiger partial charge in [0.25, 0.3) is 0 Å². The van der Waals surface area contributed by atoms with Crippen LogP contribution >= 0.6 is 11.5 Å². The van der Waals surface area contributed by atoms with E-state index in [2.05, 4.69) is 14.9 Å². The first-order valence-corrected chi connectivity index (χ1v) is 6.76. The molecule has 3 aliphatic rings. The van der Waals surface area contributed by atoms with Crippen molar-refractivity contribution in [3.05, 3.63) is 11.1 Å². The fourth-order valence-corrected chi connectivity index (χ4v) is 4.53. The predicted octanol–water partition coefficient (Wildman–Crippen LogP) is 1.67.